The fraction of sp³-hybridized carbons (Fsp3) is 0.310. The molecule has 212 valence electrons. The van der Waals surface area contributed by atoms with Gasteiger partial charge in [-0.2, -0.15) is 0 Å². The van der Waals surface area contributed by atoms with Crippen molar-refractivity contribution in [2.24, 2.45) is 0 Å². The highest BCUT2D eigenvalue weighted by Gasteiger charge is 2.67. The first-order valence-electron chi connectivity index (χ1n) is 13.0. The van der Waals surface area contributed by atoms with Crippen LogP contribution < -0.4 is 5.32 Å². The van der Waals surface area contributed by atoms with Crippen molar-refractivity contribution >= 4 is 47.3 Å². The minimum absolute atomic E-state index is 0.143. The number of β-lactam (4-membered cyclic amide) rings is 1. The molecule has 41 heavy (non-hydrogen) atoms. The molecule has 0 aliphatic carbocycles. The van der Waals surface area contributed by atoms with Gasteiger partial charge < -0.3 is 19.7 Å². The lowest BCUT2D eigenvalue weighted by molar-refractivity contribution is -0.175. The molecule has 1 N–H and O–H groups in total. The summed E-state index contributed by atoms with van der Waals surface area (Å²) in [6.45, 7) is 2.42. The lowest BCUT2D eigenvalue weighted by atomic mass is 9.84. The second-order valence-electron chi connectivity index (χ2n) is 9.84. The third kappa shape index (κ3) is 4.88. The normalized spacial score (nSPS) is 22.8. The van der Waals surface area contributed by atoms with Crippen LogP contribution in [0.25, 0.3) is 0 Å². The topological polar surface area (TPSA) is 139 Å². The lowest BCUT2D eigenvalue weighted by Crippen LogP contribution is -2.83. The number of esters is 2. The molecule has 3 atom stereocenters. The Balaban J connectivity index is 1.34. The Bertz CT molecular complexity index is 1440. The summed E-state index contributed by atoms with van der Waals surface area (Å²) in [5.74, 6) is -3.70. The second-order valence-corrected chi connectivity index (χ2v) is 10.8. The number of imide groups is 1. The quantitative estimate of drug-likeness (QED) is 0.270. The number of carbonyl (C=O) groups excluding carboxylic acids is 6. The van der Waals surface area contributed by atoms with Gasteiger partial charge in [-0.25, -0.2) is 9.69 Å². The molecular weight excluding hydrogens is 550 g/mol. The van der Waals surface area contributed by atoms with Gasteiger partial charge in [-0.1, -0.05) is 37.3 Å². The molecule has 2 aromatic carbocycles. The van der Waals surface area contributed by atoms with Crippen molar-refractivity contribution in [3.63, 3.8) is 0 Å². The first-order chi connectivity index (χ1) is 19.7. The number of rotatable bonds is 9. The number of benzene rings is 2. The molecule has 5 rings (SSSR count). The standard InChI is InChI=1S/C29H27N3O8S/c1-3-9-21(33)39-15-29(30-23(34)18-10-5-4-6-11-18)27(38)32-22(17(2)14-41-28(29)32)26(37)40-16-31-24(35)19-12-7-8-13-20(19)25(31)36/h4-8,10-14,22,28H,3,9,15-16H2,1-2H3,(H,30,34)/t22?,28-,29?/m0/s1. The Morgan fingerprint density at radius 2 is 1.59 bits per heavy atom. The van der Waals surface area contributed by atoms with E-state index in [0.29, 0.717) is 17.6 Å². The van der Waals surface area contributed by atoms with Crippen LogP contribution in [0.15, 0.2) is 65.6 Å². The minimum Gasteiger partial charge on any atom is -0.462 e. The van der Waals surface area contributed by atoms with Gasteiger partial charge in [0.25, 0.3) is 23.6 Å². The molecule has 1 fully saturated rings. The summed E-state index contributed by atoms with van der Waals surface area (Å²) >= 11 is 1.20. The first kappa shape index (κ1) is 28.1. The maximum atomic E-state index is 13.8. The lowest BCUT2D eigenvalue weighted by Gasteiger charge is -2.58. The van der Waals surface area contributed by atoms with Gasteiger partial charge in [-0.3, -0.25) is 24.0 Å². The van der Waals surface area contributed by atoms with Gasteiger partial charge in [0, 0.05) is 12.0 Å². The molecule has 12 heteroatoms. The van der Waals surface area contributed by atoms with Crippen molar-refractivity contribution in [2.45, 2.75) is 43.6 Å². The summed E-state index contributed by atoms with van der Waals surface area (Å²) in [7, 11) is 0. The third-order valence-corrected chi connectivity index (χ3v) is 8.50. The summed E-state index contributed by atoms with van der Waals surface area (Å²) in [4.78, 5) is 79.9. The van der Waals surface area contributed by atoms with Crippen molar-refractivity contribution < 1.29 is 38.2 Å². The van der Waals surface area contributed by atoms with Crippen LogP contribution in [0, 0.1) is 0 Å². The largest absolute Gasteiger partial charge is 0.462 e. The van der Waals surface area contributed by atoms with Crippen molar-refractivity contribution in [1.82, 2.24) is 15.1 Å². The summed E-state index contributed by atoms with van der Waals surface area (Å²) < 4.78 is 10.8. The zero-order valence-electron chi connectivity index (χ0n) is 22.3. The summed E-state index contributed by atoms with van der Waals surface area (Å²) in [6.07, 6.45) is 0.688. The van der Waals surface area contributed by atoms with E-state index in [-0.39, 0.29) is 17.5 Å². The van der Waals surface area contributed by atoms with Gasteiger partial charge in [0.15, 0.2) is 18.3 Å². The average Bonchev–Trinajstić information content (AvgIpc) is 3.22. The van der Waals surface area contributed by atoms with Crippen LogP contribution in [0.2, 0.25) is 0 Å². The molecule has 3 aliphatic rings. The zero-order chi connectivity index (χ0) is 29.3. The number of nitrogens with one attached hydrogen (secondary N) is 1. The number of fused-ring (bicyclic) bond motifs is 2. The Labute approximate surface area is 239 Å². The smallest absolute Gasteiger partial charge is 0.335 e. The highest BCUT2D eigenvalue weighted by Crippen LogP contribution is 2.46. The van der Waals surface area contributed by atoms with E-state index in [1.54, 1.807) is 54.8 Å². The maximum Gasteiger partial charge on any atom is 0.335 e. The minimum atomic E-state index is -1.63. The summed E-state index contributed by atoms with van der Waals surface area (Å²) in [6, 6.07) is 13.4. The molecular formula is C29H27N3O8S. The highest BCUT2D eigenvalue weighted by atomic mass is 32.2. The molecule has 2 aromatic rings. The fourth-order valence-electron chi connectivity index (χ4n) is 4.99. The SMILES string of the molecule is CCCC(=O)OCC1(NC(=O)c2ccccc2)C(=O)N2C(C(=O)OCN3C(=O)c4ccccc4C3=O)C(C)=CS[C@H]21. The van der Waals surface area contributed by atoms with E-state index in [9.17, 15) is 28.8 Å². The predicted molar refractivity (Wildman–Crippen MR) is 146 cm³/mol. The van der Waals surface area contributed by atoms with Gasteiger partial charge in [-0.15, -0.1) is 11.8 Å². The van der Waals surface area contributed by atoms with Crippen molar-refractivity contribution in [1.29, 1.82) is 0 Å². The number of nitrogens with zero attached hydrogens (tertiary/aromatic N) is 2. The second kappa shape index (κ2) is 11.2. The molecule has 4 amide bonds. The first-order valence-corrected chi connectivity index (χ1v) is 13.9. The van der Waals surface area contributed by atoms with Crippen LogP contribution in [-0.4, -0.2) is 75.7 Å². The van der Waals surface area contributed by atoms with E-state index in [1.807, 2.05) is 6.92 Å². The van der Waals surface area contributed by atoms with Crippen LogP contribution in [0.5, 0.6) is 0 Å². The van der Waals surface area contributed by atoms with E-state index in [1.165, 1.54) is 28.8 Å². The molecule has 3 heterocycles. The monoisotopic (exact) mass is 577 g/mol. The van der Waals surface area contributed by atoms with Gasteiger partial charge in [-0.05, 0) is 48.6 Å². The van der Waals surface area contributed by atoms with E-state index < -0.39 is 65.9 Å². The molecule has 11 nitrogen and oxygen atoms in total. The van der Waals surface area contributed by atoms with Crippen LogP contribution in [0.3, 0.4) is 0 Å². The molecule has 3 aliphatic heterocycles. The molecule has 0 saturated carbocycles. The van der Waals surface area contributed by atoms with Gasteiger partial charge >= 0.3 is 11.9 Å². The zero-order valence-corrected chi connectivity index (χ0v) is 23.1. The average molecular weight is 578 g/mol. The van der Waals surface area contributed by atoms with Gasteiger partial charge in [0.05, 0.1) is 11.1 Å². The van der Waals surface area contributed by atoms with Crippen molar-refractivity contribution in [3.05, 3.63) is 82.3 Å². The molecule has 0 aromatic heterocycles. The van der Waals surface area contributed by atoms with Crippen LogP contribution in [0.4, 0.5) is 0 Å². The maximum absolute atomic E-state index is 13.8. The van der Waals surface area contributed by atoms with Crippen LogP contribution in [-0.2, 0) is 23.9 Å². The van der Waals surface area contributed by atoms with Crippen molar-refractivity contribution in [3.8, 4) is 0 Å². The molecule has 1 saturated heterocycles. The number of thioether (sulfide) groups is 1. The van der Waals surface area contributed by atoms with Crippen molar-refractivity contribution in [2.75, 3.05) is 13.3 Å². The Morgan fingerprint density at radius 1 is 0.951 bits per heavy atom. The van der Waals surface area contributed by atoms with Crippen LogP contribution >= 0.6 is 11.8 Å². The molecule has 0 bridgehead atoms. The molecule has 0 spiro atoms. The number of ether oxygens (including phenoxy) is 2. The number of hydrogen-bond acceptors (Lipinski definition) is 9. The Hall–Kier alpha value is -4.45. The van der Waals surface area contributed by atoms with E-state index >= 15 is 0 Å². The number of carbonyl (C=O) groups is 6. The molecule has 0 radical (unpaired) electrons. The summed E-state index contributed by atoms with van der Waals surface area (Å²) in [5.41, 5.74) is -0.388. The highest BCUT2D eigenvalue weighted by molar-refractivity contribution is 8.03. The van der Waals surface area contributed by atoms with Crippen LogP contribution in [0.1, 0.15) is 57.8 Å². The number of hydrogen-bond donors (Lipinski definition) is 1. The fourth-order valence-corrected chi connectivity index (χ4v) is 6.27. The van der Waals surface area contributed by atoms with E-state index in [0.717, 1.165) is 4.90 Å². The number of amides is 4. The van der Waals surface area contributed by atoms with Gasteiger partial charge in [0.1, 0.15) is 12.0 Å². The van der Waals surface area contributed by atoms with E-state index in [2.05, 4.69) is 5.32 Å². The molecule has 2 unspecified atom stereocenters. The van der Waals surface area contributed by atoms with Gasteiger partial charge in [0.2, 0.25) is 0 Å². The van der Waals surface area contributed by atoms with E-state index in [4.69, 9.17) is 9.47 Å². The summed E-state index contributed by atoms with van der Waals surface area (Å²) in [5, 5.41) is 3.64. The third-order valence-electron chi connectivity index (χ3n) is 7.11. The Morgan fingerprint density at radius 3 is 2.22 bits per heavy atom. The Kier molecular flexibility index (Phi) is 7.68. The predicted octanol–water partition coefficient (Wildman–Crippen LogP) is 2.48.